The Labute approximate surface area is 61.2 Å². The van der Waals surface area contributed by atoms with E-state index in [-0.39, 0.29) is 0 Å². The van der Waals surface area contributed by atoms with Gasteiger partial charge in [-0.3, -0.25) is 0 Å². The van der Waals surface area contributed by atoms with Crippen LogP contribution in [0.3, 0.4) is 0 Å². The zero-order valence-corrected chi connectivity index (χ0v) is 6.15. The molecule has 0 amide bonds. The van der Waals surface area contributed by atoms with Gasteiger partial charge in [-0.1, -0.05) is 0 Å². The minimum atomic E-state index is 0.981. The van der Waals surface area contributed by atoms with Gasteiger partial charge in [0.25, 0.3) is 0 Å². The fraction of sp³-hybridized carbons (Fsp3) is 1.00. The van der Waals surface area contributed by atoms with Crippen molar-refractivity contribution in [2.45, 2.75) is 31.3 Å². The van der Waals surface area contributed by atoms with Gasteiger partial charge in [0.1, 0.15) is 0 Å². The maximum atomic E-state index is 2.38. The van der Waals surface area contributed by atoms with Crippen molar-refractivity contribution < 1.29 is 0 Å². The van der Waals surface area contributed by atoms with E-state index in [1.807, 2.05) is 0 Å². The van der Waals surface area contributed by atoms with Crippen LogP contribution in [0.15, 0.2) is 0 Å². The third-order valence-corrected chi connectivity index (χ3v) is 2.87. The Balaban J connectivity index is 2.44. The van der Waals surface area contributed by atoms with Gasteiger partial charge in [0.2, 0.25) is 0 Å². The van der Waals surface area contributed by atoms with Crippen molar-refractivity contribution in [3.05, 3.63) is 0 Å². The quantitative estimate of drug-likeness (QED) is 0.412. The maximum absolute atomic E-state index is 2.38. The van der Waals surface area contributed by atoms with E-state index in [2.05, 4.69) is 31.6 Å². The molecule has 42 valence electrons. The first-order chi connectivity index (χ1) is 3.72. The molecule has 0 aromatic rings. The summed E-state index contributed by atoms with van der Waals surface area (Å²) in [7, 11) is 0. The van der Waals surface area contributed by atoms with Crippen LogP contribution in [0.25, 0.3) is 0 Å². The molecule has 1 fully saturated rings. The van der Waals surface area contributed by atoms with Crippen molar-refractivity contribution in [3.8, 4) is 0 Å². The molecular formula is C7H13Li. The molecule has 2 atom stereocenters. The van der Waals surface area contributed by atoms with Crippen molar-refractivity contribution >= 4 is 17.7 Å². The zero-order valence-electron chi connectivity index (χ0n) is 6.15. The van der Waals surface area contributed by atoms with Gasteiger partial charge in [-0.2, -0.15) is 0 Å². The van der Waals surface area contributed by atoms with Gasteiger partial charge in [0, 0.05) is 0 Å². The molecule has 1 aliphatic carbocycles. The SMILES string of the molecule is [Li][CH]1C(C)CCC1C. The summed E-state index contributed by atoms with van der Waals surface area (Å²) in [6, 6.07) is 0. The van der Waals surface area contributed by atoms with Crippen molar-refractivity contribution in [2.24, 2.45) is 11.8 Å². The van der Waals surface area contributed by atoms with Gasteiger partial charge >= 0.3 is 60.8 Å². The van der Waals surface area contributed by atoms with Gasteiger partial charge < -0.3 is 0 Å². The van der Waals surface area contributed by atoms with Crippen LogP contribution in [0.4, 0.5) is 0 Å². The van der Waals surface area contributed by atoms with Crippen molar-refractivity contribution in [2.75, 3.05) is 0 Å². The predicted molar refractivity (Wildman–Crippen MR) is 37.1 cm³/mol. The molecule has 1 rings (SSSR count). The third kappa shape index (κ3) is 1.12. The molecule has 2 unspecified atom stereocenters. The van der Waals surface area contributed by atoms with E-state index in [9.17, 15) is 0 Å². The summed E-state index contributed by atoms with van der Waals surface area (Å²) in [5, 5.41) is 0. The molecule has 0 heterocycles. The first kappa shape index (κ1) is 6.71. The minimum absolute atomic E-state index is 0.981. The normalized spacial score (nSPS) is 47.8. The molecular weight excluding hydrogens is 91.0 g/mol. The van der Waals surface area contributed by atoms with Crippen LogP contribution < -0.4 is 0 Å². The molecule has 0 bridgehead atoms. The molecule has 0 N–H and O–H groups in total. The molecule has 0 aliphatic heterocycles. The van der Waals surface area contributed by atoms with Gasteiger partial charge in [-0.15, -0.1) is 0 Å². The van der Waals surface area contributed by atoms with E-state index in [4.69, 9.17) is 0 Å². The summed E-state index contributed by atoms with van der Waals surface area (Å²) < 4.78 is 0.981. The van der Waals surface area contributed by atoms with Crippen LogP contribution in [-0.4, -0.2) is 17.7 Å². The molecule has 1 aliphatic rings. The van der Waals surface area contributed by atoms with Gasteiger partial charge in [-0.25, -0.2) is 0 Å². The molecule has 1 saturated carbocycles. The van der Waals surface area contributed by atoms with Gasteiger partial charge in [0.15, 0.2) is 0 Å². The Kier molecular flexibility index (Phi) is 2.06. The van der Waals surface area contributed by atoms with Crippen LogP contribution in [0.5, 0.6) is 0 Å². The van der Waals surface area contributed by atoms with E-state index in [0.717, 1.165) is 16.4 Å². The fourth-order valence-corrected chi connectivity index (χ4v) is 1.61. The van der Waals surface area contributed by atoms with Crippen molar-refractivity contribution in [1.29, 1.82) is 0 Å². The first-order valence-electron chi connectivity index (χ1n) is 3.72. The number of hydrogen-bond donors (Lipinski definition) is 0. The van der Waals surface area contributed by atoms with Gasteiger partial charge in [0.05, 0.1) is 0 Å². The molecule has 0 aromatic heterocycles. The Morgan fingerprint density at radius 2 is 1.50 bits per heavy atom. The van der Waals surface area contributed by atoms with Crippen LogP contribution in [0, 0.1) is 11.8 Å². The van der Waals surface area contributed by atoms with E-state index in [1.165, 1.54) is 12.8 Å². The molecule has 0 saturated heterocycles. The molecule has 8 heavy (non-hydrogen) atoms. The molecule has 0 aromatic carbocycles. The van der Waals surface area contributed by atoms with E-state index >= 15 is 0 Å². The monoisotopic (exact) mass is 104 g/mol. The second-order valence-electron chi connectivity index (χ2n) is 3.39. The Morgan fingerprint density at radius 1 is 1.12 bits per heavy atom. The van der Waals surface area contributed by atoms with Crippen LogP contribution >= 0.6 is 0 Å². The van der Waals surface area contributed by atoms with Crippen molar-refractivity contribution in [1.82, 2.24) is 0 Å². The van der Waals surface area contributed by atoms with Crippen LogP contribution in [-0.2, 0) is 0 Å². The fourth-order valence-electron chi connectivity index (χ4n) is 1.61. The molecule has 1 heteroatoms. The first-order valence-corrected chi connectivity index (χ1v) is 3.72. The third-order valence-electron chi connectivity index (χ3n) is 2.87. The Hall–Kier alpha value is 0.597. The summed E-state index contributed by atoms with van der Waals surface area (Å²) in [4.78, 5) is 0. The second kappa shape index (κ2) is 2.46. The standard InChI is InChI=1S/C7H13.Li/c1-6-3-4-7(2)5-6;/h5-7H,3-4H2,1-2H3;. The van der Waals surface area contributed by atoms with E-state index in [0.29, 0.717) is 0 Å². The summed E-state index contributed by atoms with van der Waals surface area (Å²) in [6.45, 7) is 4.74. The molecule has 0 spiro atoms. The average Bonchev–Trinajstić information content (AvgIpc) is 1.98. The summed E-state index contributed by atoms with van der Waals surface area (Å²) in [6.07, 6.45) is 2.92. The number of hydrogen-bond acceptors (Lipinski definition) is 0. The zero-order chi connectivity index (χ0) is 6.15. The second-order valence-corrected chi connectivity index (χ2v) is 3.39. The number of rotatable bonds is 0. The Bertz CT molecular complexity index is 70.5. The van der Waals surface area contributed by atoms with Crippen LogP contribution in [0.2, 0.25) is 4.59 Å². The average molecular weight is 104 g/mol. The predicted octanol–water partition coefficient (Wildman–Crippen LogP) is 2.01. The van der Waals surface area contributed by atoms with Crippen molar-refractivity contribution in [3.63, 3.8) is 0 Å². The Morgan fingerprint density at radius 3 is 1.62 bits per heavy atom. The van der Waals surface area contributed by atoms with Crippen LogP contribution in [0.1, 0.15) is 26.7 Å². The van der Waals surface area contributed by atoms with E-state index in [1.54, 1.807) is 0 Å². The summed E-state index contributed by atoms with van der Waals surface area (Å²) in [5.74, 6) is 1.98. The summed E-state index contributed by atoms with van der Waals surface area (Å²) in [5.41, 5.74) is 0. The molecule has 0 nitrogen and oxygen atoms in total. The van der Waals surface area contributed by atoms with E-state index < -0.39 is 0 Å². The topological polar surface area (TPSA) is 0 Å². The molecule has 0 radical (unpaired) electrons. The van der Waals surface area contributed by atoms with Gasteiger partial charge in [-0.05, 0) is 0 Å². The summed E-state index contributed by atoms with van der Waals surface area (Å²) >= 11 is 2.38.